The fourth-order valence-corrected chi connectivity index (χ4v) is 5.38. The topological polar surface area (TPSA) is 69.5 Å². The summed E-state index contributed by atoms with van der Waals surface area (Å²) in [5, 5.41) is 0. The monoisotopic (exact) mass is 582 g/mol. The molecule has 220 valence electrons. The first kappa shape index (κ1) is 28.3. The zero-order valence-electron chi connectivity index (χ0n) is 24.0. The molecule has 1 amide bonds. The number of amides is 1. The van der Waals surface area contributed by atoms with Crippen molar-refractivity contribution >= 4 is 22.6 Å². The van der Waals surface area contributed by atoms with Crippen LogP contribution < -0.4 is 14.4 Å². The van der Waals surface area contributed by atoms with Gasteiger partial charge in [0.2, 0.25) is 5.91 Å². The van der Waals surface area contributed by atoms with Crippen LogP contribution in [0.15, 0.2) is 85.1 Å². The molecule has 1 aliphatic rings. The fourth-order valence-electron chi connectivity index (χ4n) is 5.38. The number of aromatic nitrogens is 3. The summed E-state index contributed by atoms with van der Waals surface area (Å²) in [5.41, 5.74) is 5.91. The van der Waals surface area contributed by atoms with Gasteiger partial charge in [0.05, 0.1) is 17.6 Å². The van der Waals surface area contributed by atoms with Crippen molar-refractivity contribution in [3.8, 4) is 22.6 Å². The number of fused-ring (bicyclic) bond motifs is 1. The Labute approximate surface area is 248 Å². The number of hydrogen-bond donors (Lipinski definition) is 0. The molecule has 1 fully saturated rings. The minimum Gasteiger partial charge on any atom is -0.486 e. The average molecular weight is 583 g/mol. The summed E-state index contributed by atoms with van der Waals surface area (Å²) in [7, 11) is 0. The number of pyridine rings is 1. The zero-order valence-corrected chi connectivity index (χ0v) is 24.0. The highest BCUT2D eigenvalue weighted by Crippen LogP contribution is 2.30. The van der Waals surface area contributed by atoms with E-state index in [4.69, 9.17) is 14.5 Å². The lowest BCUT2D eigenvalue weighted by molar-refractivity contribution is -0.117. The van der Waals surface area contributed by atoms with E-state index in [1.54, 1.807) is 23.1 Å². The summed E-state index contributed by atoms with van der Waals surface area (Å²) in [4.78, 5) is 23.5. The number of carbonyl (C=O) groups excluding carboxylic acids is 1. The van der Waals surface area contributed by atoms with E-state index in [9.17, 15) is 13.6 Å². The molecule has 3 aromatic carbocycles. The van der Waals surface area contributed by atoms with Crippen molar-refractivity contribution in [1.82, 2.24) is 14.5 Å². The van der Waals surface area contributed by atoms with E-state index in [2.05, 4.69) is 24.9 Å². The molecule has 6 rings (SSSR count). The molecule has 0 unspecified atom stereocenters. The molecule has 3 heterocycles. The lowest BCUT2D eigenvalue weighted by Crippen LogP contribution is -2.23. The Bertz CT molecular complexity index is 1750. The lowest BCUT2D eigenvalue weighted by Gasteiger charge is -2.17. The van der Waals surface area contributed by atoms with Gasteiger partial charge in [-0.25, -0.2) is 4.98 Å². The number of ether oxygens (including phenoxy) is 2. The number of benzene rings is 3. The van der Waals surface area contributed by atoms with E-state index in [1.807, 2.05) is 59.3 Å². The summed E-state index contributed by atoms with van der Waals surface area (Å²) in [6, 6.07) is 24.3. The van der Waals surface area contributed by atoms with Crippen LogP contribution in [0.25, 0.3) is 22.2 Å². The minimum atomic E-state index is -2.94. The van der Waals surface area contributed by atoms with Crippen molar-refractivity contribution < 1.29 is 23.0 Å². The third kappa shape index (κ3) is 6.21. The van der Waals surface area contributed by atoms with Crippen LogP contribution in [0, 0.1) is 0 Å². The highest BCUT2D eigenvalue weighted by Gasteiger charge is 2.22. The van der Waals surface area contributed by atoms with Crippen LogP contribution in [0.1, 0.15) is 49.7 Å². The summed E-state index contributed by atoms with van der Waals surface area (Å²) in [5.74, 6) is 1.77. The largest absolute Gasteiger partial charge is 0.486 e. The van der Waals surface area contributed by atoms with Crippen LogP contribution in [0.5, 0.6) is 11.5 Å². The maximum Gasteiger partial charge on any atom is 0.387 e. The molecule has 0 saturated carbocycles. The zero-order chi connectivity index (χ0) is 29.9. The second-order valence-corrected chi connectivity index (χ2v) is 10.9. The second kappa shape index (κ2) is 12.2. The number of imidazole rings is 1. The van der Waals surface area contributed by atoms with Crippen LogP contribution in [0.3, 0.4) is 0 Å². The maximum atomic E-state index is 13.2. The summed E-state index contributed by atoms with van der Waals surface area (Å²) < 4.78 is 39.4. The number of alkyl halides is 2. The Morgan fingerprint density at radius 3 is 2.53 bits per heavy atom. The van der Waals surface area contributed by atoms with Gasteiger partial charge in [-0.15, -0.1) is 0 Å². The molecule has 1 aliphatic heterocycles. The van der Waals surface area contributed by atoms with Crippen molar-refractivity contribution in [3.63, 3.8) is 0 Å². The summed E-state index contributed by atoms with van der Waals surface area (Å²) >= 11 is 0. The van der Waals surface area contributed by atoms with Crippen LogP contribution in [0.2, 0.25) is 0 Å². The number of hydrogen-bond acceptors (Lipinski definition) is 5. The van der Waals surface area contributed by atoms with E-state index in [1.165, 1.54) is 6.07 Å². The predicted octanol–water partition coefficient (Wildman–Crippen LogP) is 7.58. The molecule has 0 spiro atoms. The van der Waals surface area contributed by atoms with Gasteiger partial charge in [-0.2, -0.15) is 8.78 Å². The van der Waals surface area contributed by atoms with Crippen LogP contribution >= 0.6 is 0 Å². The molecule has 2 aromatic heterocycles. The summed E-state index contributed by atoms with van der Waals surface area (Å²) in [6.45, 7) is 2.34. The Balaban J connectivity index is 1.36. The molecule has 0 atom stereocenters. The van der Waals surface area contributed by atoms with E-state index in [-0.39, 0.29) is 24.8 Å². The lowest BCUT2D eigenvalue weighted by atomic mass is 10.0. The average Bonchev–Trinajstić information content (AvgIpc) is 3.59. The smallest absolute Gasteiger partial charge is 0.387 e. The highest BCUT2D eigenvalue weighted by molar-refractivity contribution is 5.95. The number of halogens is 2. The van der Waals surface area contributed by atoms with Gasteiger partial charge in [0.15, 0.2) is 0 Å². The molecule has 9 heteroatoms. The van der Waals surface area contributed by atoms with Crippen molar-refractivity contribution in [1.29, 1.82) is 0 Å². The maximum absolute atomic E-state index is 13.2. The number of carbonyl (C=O) groups is 1. The van der Waals surface area contributed by atoms with Gasteiger partial charge in [0, 0.05) is 47.7 Å². The number of rotatable bonds is 10. The van der Waals surface area contributed by atoms with Crippen LogP contribution in [-0.2, 0) is 17.9 Å². The Hall–Kier alpha value is -4.79. The molecule has 5 aromatic rings. The Kier molecular flexibility index (Phi) is 8.05. The normalized spacial score (nSPS) is 13.4. The minimum absolute atomic E-state index is 0.105. The number of para-hydroxylation sites is 1. The first-order valence-corrected chi connectivity index (χ1v) is 14.4. The van der Waals surface area contributed by atoms with Crippen LogP contribution in [-0.4, -0.2) is 33.6 Å². The molecule has 7 nitrogen and oxygen atoms in total. The van der Waals surface area contributed by atoms with E-state index >= 15 is 0 Å². The molecule has 0 aliphatic carbocycles. The molecular weight excluding hydrogens is 550 g/mol. The standard InChI is InChI=1S/C34H32F2N4O3/c1-22(2)28-14-13-24(19-37-28)23-12-15-29-30(17-23)40(20-25-7-3-4-10-31(25)43-34(35)36)32(38-29)21-42-27-9-5-8-26(18-27)39-16-6-11-33(39)41/h3-5,7-10,12-15,17-19,22,34H,6,11,16,20-21H2,1-2H3. The van der Waals surface area contributed by atoms with Crippen molar-refractivity contribution in [3.05, 3.63) is 102 Å². The van der Waals surface area contributed by atoms with E-state index in [0.29, 0.717) is 36.0 Å². The first-order valence-electron chi connectivity index (χ1n) is 14.4. The SMILES string of the molecule is CC(C)c1ccc(-c2ccc3nc(COc4cccc(N5CCCC5=O)c4)n(Cc4ccccc4OC(F)F)c3c2)cn1. The van der Waals surface area contributed by atoms with Crippen molar-refractivity contribution in [2.45, 2.75) is 52.4 Å². The molecule has 43 heavy (non-hydrogen) atoms. The third-order valence-corrected chi connectivity index (χ3v) is 7.63. The third-order valence-electron chi connectivity index (χ3n) is 7.63. The first-order chi connectivity index (χ1) is 20.9. The molecule has 0 radical (unpaired) electrons. The second-order valence-electron chi connectivity index (χ2n) is 10.9. The van der Waals surface area contributed by atoms with Gasteiger partial charge < -0.3 is 18.9 Å². The van der Waals surface area contributed by atoms with Gasteiger partial charge in [-0.3, -0.25) is 9.78 Å². The Morgan fingerprint density at radius 2 is 1.79 bits per heavy atom. The van der Waals surface area contributed by atoms with Gasteiger partial charge in [-0.05, 0) is 54.3 Å². The van der Waals surface area contributed by atoms with Crippen LogP contribution in [0.4, 0.5) is 14.5 Å². The number of nitrogens with zero attached hydrogens (tertiary/aromatic N) is 4. The predicted molar refractivity (Wildman–Crippen MR) is 162 cm³/mol. The van der Waals surface area contributed by atoms with E-state index in [0.717, 1.165) is 40.0 Å². The quantitative estimate of drug-likeness (QED) is 0.170. The van der Waals surface area contributed by atoms with E-state index < -0.39 is 6.61 Å². The molecule has 0 N–H and O–H groups in total. The van der Waals surface area contributed by atoms with Gasteiger partial charge >= 0.3 is 6.61 Å². The Morgan fingerprint density at radius 1 is 0.953 bits per heavy atom. The summed E-state index contributed by atoms with van der Waals surface area (Å²) in [6.07, 6.45) is 3.25. The fraction of sp³-hybridized carbons (Fsp3) is 0.265. The number of anilines is 1. The molecule has 0 bridgehead atoms. The van der Waals surface area contributed by atoms with Crippen molar-refractivity contribution in [2.75, 3.05) is 11.4 Å². The molecular formula is C34H32F2N4O3. The van der Waals surface area contributed by atoms with Crippen molar-refractivity contribution in [2.24, 2.45) is 0 Å². The van der Waals surface area contributed by atoms with Gasteiger partial charge in [-0.1, -0.05) is 50.2 Å². The van der Waals surface area contributed by atoms with Gasteiger partial charge in [0.1, 0.15) is 23.9 Å². The van der Waals surface area contributed by atoms with Gasteiger partial charge in [0.25, 0.3) is 0 Å². The molecule has 1 saturated heterocycles. The highest BCUT2D eigenvalue weighted by atomic mass is 19.3.